The lowest BCUT2D eigenvalue weighted by molar-refractivity contribution is -0.130. The molecule has 4 nitrogen and oxygen atoms in total. The molecule has 0 aliphatic heterocycles. The lowest BCUT2D eigenvalue weighted by Gasteiger charge is -2.11. The number of ketones is 1. The van der Waals surface area contributed by atoms with Crippen LogP contribution in [-0.2, 0) is 4.79 Å². The molecule has 0 bridgehead atoms. The zero-order valence-corrected chi connectivity index (χ0v) is 15.1. The number of carbonyl (C=O) groups excluding carboxylic acids is 2. The molecular formula is C19H18BrNO3. The molecule has 0 fully saturated rings. The SMILES string of the molecule is CN(C)C(=O)COc1ccc(C(=O)C=Cc2ccccc2Br)cc1. The van der Waals surface area contributed by atoms with E-state index >= 15 is 0 Å². The van der Waals surface area contributed by atoms with E-state index in [1.807, 2.05) is 24.3 Å². The summed E-state index contributed by atoms with van der Waals surface area (Å²) in [7, 11) is 3.34. The Morgan fingerprint density at radius 2 is 1.75 bits per heavy atom. The third kappa shape index (κ3) is 5.06. The largest absolute Gasteiger partial charge is 0.484 e. The highest BCUT2D eigenvalue weighted by Crippen LogP contribution is 2.18. The van der Waals surface area contributed by atoms with Crippen LogP contribution in [0.2, 0.25) is 0 Å². The van der Waals surface area contributed by atoms with Crippen LogP contribution in [0.3, 0.4) is 0 Å². The summed E-state index contributed by atoms with van der Waals surface area (Å²) in [4.78, 5) is 25.1. The van der Waals surface area contributed by atoms with Crippen LogP contribution >= 0.6 is 15.9 Å². The number of rotatable bonds is 6. The summed E-state index contributed by atoms with van der Waals surface area (Å²) in [6, 6.07) is 14.4. The topological polar surface area (TPSA) is 46.6 Å². The Labute approximate surface area is 149 Å². The van der Waals surface area contributed by atoms with Crippen LogP contribution < -0.4 is 4.74 Å². The van der Waals surface area contributed by atoms with Gasteiger partial charge in [0.2, 0.25) is 0 Å². The summed E-state index contributed by atoms with van der Waals surface area (Å²) in [6.45, 7) is -0.0256. The molecular weight excluding hydrogens is 370 g/mol. The number of carbonyl (C=O) groups is 2. The van der Waals surface area contributed by atoms with Gasteiger partial charge in [-0.3, -0.25) is 9.59 Å². The van der Waals surface area contributed by atoms with Gasteiger partial charge in [-0.1, -0.05) is 34.1 Å². The summed E-state index contributed by atoms with van der Waals surface area (Å²) >= 11 is 3.44. The fraction of sp³-hybridized carbons (Fsp3) is 0.158. The molecule has 0 N–H and O–H groups in total. The standard InChI is InChI=1S/C19H18BrNO3/c1-21(2)19(23)13-24-16-10-7-15(8-11-16)18(22)12-9-14-5-3-4-6-17(14)20/h3-12H,13H2,1-2H3. The van der Waals surface area contributed by atoms with Crippen LogP contribution in [0.1, 0.15) is 15.9 Å². The Bertz CT molecular complexity index is 751. The number of benzene rings is 2. The van der Waals surface area contributed by atoms with Gasteiger partial charge in [0.05, 0.1) is 0 Å². The maximum atomic E-state index is 12.2. The molecule has 2 aromatic rings. The van der Waals surface area contributed by atoms with E-state index < -0.39 is 0 Å². The molecule has 0 spiro atoms. The second-order valence-electron chi connectivity index (χ2n) is 5.32. The Hall–Kier alpha value is -2.40. The minimum atomic E-state index is -0.119. The van der Waals surface area contributed by atoms with Gasteiger partial charge in [0.25, 0.3) is 5.91 Å². The van der Waals surface area contributed by atoms with Crippen molar-refractivity contribution in [1.82, 2.24) is 4.90 Å². The van der Waals surface area contributed by atoms with E-state index in [4.69, 9.17) is 4.74 Å². The van der Waals surface area contributed by atoms with Gasteiger partial charge in [0.1, 0.15) is 5.75 Å². The third-order valence-electron chi connectivity index (χ3n) is 3.32. The molecule has 0 heterocycles. The van der Waals surface area contributed by atoms with Crippen LogP contribution in [0.25, 0.3) is 6.08 Å². The molecule has 5 heteroatoms. The number of halogens is 1. The first kappa shape index (κ1) is 17.9. The van der Waals surface area contributed by atoms with E-state index in [1.165, 1.54) is 11.0 Å². The van der Waals surface area contributed by atoms with Crippen molar-refractivity contribution in [2.45, 2.75) is 0 Å². The number of nitrogens with zero attached hydrogens (tertiary/aromatic N) is 1. The fourth-order valence-electron chi connectivity index (χ4n) is 1.86. The fourth-order valence-corrected chi connectivity index (χ4v) is 2.28. The summed E-state index contributed by atoms with van der Waals surface area (Å²) in [5.41, 5.74) is 1.50. The first-order valence-corrected chi connectivity index (χ1v) is 8.16. The molecule has 0 radical (unpaired) electrons. The van der Waals surface area contributed by atoms with Crippen LogP contribution in [0.4, 0.5) is 0 Å². The van der Waals surface area contributed by atoms with Crippen LogP contribution in [-0.4, -0.2) is 37.3 Å². The van der Waals surface area contributed by atoms with Crippen LogP contribution in [0, 0.1) is 0 Å². The van der Waals surface area contributed by atoms with E-state index in [2.05, 4.69) is 15.9 Å². The summed E-state index contributed by atoms with van der Waals surface area (Å²) < 4.78 is 6.32. The monoisotopic (exact) mass is 387 g/mol. The van der Waals surface area contributed by atoms with Gasteiger partial charge in [-0.2, -0.15) is 0 Å². The average Bonchev–Trinajstić information content (AvgIpc) is 2.59. The predicted molar refractivity (Wildman–Crippen MR) is 98.1 cm³/mol. The van der Waals surface area contributed by atoms with Gasteiger partial charge < -0.3 is 9.64 Å². The van der Waals surface area contributed by atoms with E-state index in [9.17, 15) is 9.59 Å². The zero-order valence-electron chi connectivity index (χ0n) is 13.5. The van der Waals surface area contributed by atoms with E-state index in [0.717, 1.165) is 10.0 Å². The molecule has 24 heavy (non-hydrogen) atoms. The normalized spacial score (nSPS) is 10.6. The number of likely N-dealkylation sites (N-methyl/N-ethyl adjacent to an activating group) is 1. The molecule has 0 aromatic heterocycles. The van der Waals surface area contributed by atoms with Gasteiger partial charge >= 0.3 is 0 Å². The molecule has 0 aliphatic carbocycles. The molecule has 0 aliphatic rings. The van der Waals surface area contributed by atoms with Gasteiger partial charge in [0.15, 0.2) is 12.4 Å². The lowest BCUT2D eigenvalue weighted by Crippen LogP contribution is -2.27. The Balaban J connectivity index is 1.98. The highest BCUT2D eigenvalue weighted by molar-refractivity contribution is 9.10. The molecule has 2 rings (SSSR count). The molecule has 0 atom stereocenters. The number of hydrogen-bond acceptors (Lipinski definition) is 3. The zero-order chi connectivity index (χ0) is 17.5. The average molecular weight is 388 g/mol. The Kier molecular flexibility index (Phi) is 6.32. The van der Waals surface area contributed by atoms with Crippen molar-refractivity contribution in [2.75, 3.05) is 20.7 Å². The molecule has 1 amide bonds. The Morgan fingerprint density at radius 3 is 2.38 bits per heavy atom. The highest BCUT2D eigenvalue weighted by Gasteiger charge is 2.06. The van der Waals surface area contributed by atoms with Crippen molar-refractivity contribution in [3.05, 3.63) is 70.2 Å². The van der Waals surface area contributed by atoms with Gasteiger partial charge in [0, 0.05) is 24.1 Å². The highest BCUT2D eigenvalue weighted by atomic mass is 79.9. The van der Waals surface area contributed by atoms with Gasteiger partial charge in [-0.25, -0.2) is 0 Å². The Morgan fingerprint density at radius 1 is 1.08 bits per heavy atom. The first-order valence-electron chi connectivity index (χ1n) is 7.37. The molecule has 124 valence electrons. The second kappa shape index (κ2) is 8.45. The summed E-state index contributed by atoms with van der Waals surface area (Å²) in [5.74, 6) is 0.338. The van der Waals surface area contributed by atoms with Crippen molar-refractivity contribution in [2.24, 2.45) is 0 Å². The van der Waals surface area contributed by atoms with Crippen molar-refractivity contribution >= 4 is 33.7 Å². The number of allylic oxidation sites excluding steroid dienone is 1. The quantitative estimate of drug-likeness (QED) is 0.559. The molecule has 0 saturated carbocycles. The summed E-state index contributed by atoms with van der Waals surface area (Å²) in [6.07, 6.45) is 3.30. The number of ether oxygens (including phenoxy) is 1. The van der Waals surface area contributed by atoms with Crippen LogP contribution in [0.5, 0.6) is 5.75 Å². The first-order chi connectivity index (χ1) is 11.5. The van der Waals surface area contributed by atoms with E-state index in [-0.39, 0.29) is 18.3 Å². The van der Waals surface area contributed by atoms with E-state index in [0.29, 0.717) is 11.3 Å². The van der Waals surface area contributed by atoms with Gasteiger partial charge in [-0.15, -0.1) is 0 Å². The van der Waals surface area contributed by atoms with Crippen molar-refractivity contribution in [1.29, 1.82) is 0 Å². The molecule has 0 saturated heterocycles. The third-order valence-corrected chi connectivity index (χ3v) is 4.04. The lowest BCUT2D eigenvalue weighted by atomic mass is 10.1. The smallest absolute Gasteiger partial charge is 0.259 e. The van der Waals surface area contributed by atoms with Crippen molar-refractivity contribution in [3.8, 4) is 5.75 Å². The van der Waals surface area contributed by atoms with Crippen molar-refractivity contribution < 1.29 is 14.3 Å². The maximum Gasteiger partial charge on any atom is 0.259 e. The minimum absolute atomic E-state index is 0.0256. The molecule has 2 aromatic carbocycles. The summed E-state index contributed by atoms with van der Waals surface area (Å²) in [5, 5.41) is 0. The second-order valence-corrected chi connectivity index (χ2v) is 6.17. The number of hydrogen-bond donors (Lipinski definition) is 0. The molecule has 0 unspecified atom stereocenters. The van der Waals surface area contributed by atoms with Gasteiger partial charge in [-0.05, 0) is 48.0 Å². The number of amides is 1. The van der Waals surface area contributed by atoms with Crippen molar-refractivity contribution in [3.63, 3.8) is 0 Å². The maximum absolute atomic E-state index is 12.2. The predicted octanol–water partition coefficient (Wildman–Crippen LogP) is 3.81. The van der Waals surface area contributed by atoms with E-state index in [1.54, 1.807) is 44.4 Å². The van der Waals surface area contributed by atoms with Crippen LogP contribution in [0.15, 0.2) is 59.1 Å². The minimum Gasteiger partial charge on any atom is -0.484 e.